The maximum absolute atomic E-state index is 12.5. The van der Waals surface area contributed by atoms with Crippen LogP contribution in [0.3, 0.4) is 0 Å². The van der Waals surface area contributed by atoms with Crippen molar-refractivity contribution >= 4 is 41.0 Å². The number of benzene rings is 1. The molecule has 0 bridgehead atoms. The molecule has 6 N–H and O–H groups in total. The fourth-order valence-corrected chi connectivity index (χ4v) is 3.46. The van der Waals surface area contributed by atoms with Gasteiger partial charge in [0.05, 0.1) is 12.6 Å². The van der Waals surface area contributed by atoms with Gasteiger partial charge in [0.25, 0.3) is 0 Å². The maximum atomic E-state index is 12.5. The fourth-order valence-electron chi connectivity index (χ4n) is 3.46. The molecule has 0 aliphatic carbocycles. The molecule has 0 radical (unpaired) electrons. The number of alkyl halides is 6. The minimum Gasteiger partial charge on any atom is -0.475 e. The van der Waals surface area contributed by atoms with E-state index in [-0.39, 0.29) is 11.9 Å². The highest BCUT2D eigenvalue weighted by Gasteiger charge is 2.38. The molecular weight excluding hydrogens is 642 g/mol. The number of carbonyl (C=O) groups is 3. The van der Waals surface area contributed by atoms with Gasteiger partial charge in [-0.25, -0.2) is 14.6 Å². The van der Waals surface area contributed by atoms with Crippen molar-refractivity contribution in [1.29, 1.82) is 0 Å². The van der Waals surface area contributed by atoms with Crippen LogP contribution in [0.4, 0.5) is 43.5 Å². The summed E-state index contributed by atoms with van der Waals surface area (Å²) in [6.07, 6.45) is -6.96. The van der Waals surface area contributed by atoms with E-state index in [1.54, 1.807) is 11.1 Å². The largest absolute Gasteiger partial charge is 0.490 e. The van der Waals surface area contributed by atoms with E-state index in [0.29, 0.717) is 32.0 Å². The smallest absolute Gasteiger partial charge is 0.475 e. The standard InChI is InChI=1S/C24H36N8O.2C2HF3O2/c1-31(2)20-10-8-19(9-11-20)26-15-6-13-25-16-12-23(33)32(3)21-17-28-24(29-18-21)30-22-7-4-5-14-27-22;2*3-2(4,5)1(6)7/h4-5,7-11,14,21,25-26H,6,12-13,15-18H2,1-3H3,(H2,27,28,29,30);2*(H,6,7). The molecule has 1 aliphatic heterocycles. The molecule has 0 fully saturated rings. The zero-order chi connectivity index (χ0) is 35.6. The van der Waals surface area contributed by atoms with E-state index in [1.165, 1.54) is 5.69 Å². The van der Waals surface area contributed by atoms with Crippen LogP contribution in [0.5, 0.6) is 0 Å². The van der Waals surface area contributed by atoms with Crippen LogP contribution in [0.25, 0.3) is 0 Å². The molecular formula is C28H38F6N8O5. The number of rotatable bonds is 11. The average Bonchev–Trinajstić information content (AvgIpc) is 3.01. The van der Waals surface area contributed by atoms with Gasteiger partial charge in [0.2, 0.25) is 5.91 Å². The molecule has 1 aliphatic rings. The number of likely N-dealkylation sites (N-methyl/N-ethyl adjacent to an activating group) is 1. The number of guanidine groups is 1. The Morgan fingerprint density at radius 2 is 1.51 bits per heavy atom. The highest BCUT2D eigenvalue weighted by atomic mass is 19.4. The Kier molecular flexibility index (Phi) is 16.8. The number of carboxylic acids is 2. The molecule has 262 valence electrons. The van der Waals surface area contributed by atoms with Crippen LogP contribution < -0.4 is 26.2 Å². The van der Waals surface area contributed by atoms with E-state index in [2.05, 4.69) is 60.4 Å². The number of carbonyl (C=O) groups excluding carboxylic acids is 1. The summed E-state index contributed by atoms with van der Waals surface area (Å²) in [5.74, 6) is -3.95. The van der Waals surface area contributed by atoms with Gasteiger partial charge in [0.1, 0.15) is 5.82 Å². The van der Waals surface area contributed by atoms with Gasteiger partial charge in [-0.1, -0.05) is 6.07 Å². The van der Waals surface area contributed by atoms with Gasteiger partial charge in [-0.2, -0.15) is 26.3 Å². The van der Waals surface area contributed by atoms with Crippen LogP contribution in [0.1, 0.15) is 12.8 Å². The third-order valence-electron chi connectivity index (χ3n) is 6.06. The SMILES string of the molecule is CN(C)c1ccc(NCCCNCCC(=O)N(C)C2CN=C(Nc3ccccn3)NC2)cc1.O=C(O)C(F)(F)F.O=C(O)C(F)(F)F. The minimum atomic E-state index is -5.08. The lowest BCUT2D eigenvalue weighted by molar-refractivity contribution is -0.193. The normalized spacial score (nSPS) is 14.1. The number of carboxylic acid groups (broad SMARTS) is 2. The van der Waals surface area contributed by atoms with Crippen LogP contribution in [0.15, 0.2) is 53.7 Å². The van der Waals surface area contributed by atoms with Crippen LogP contribution in [0.2, 0.25) is 0 Å². The first-order valence-corrected chi connectivity index (χ1v) is 14.0. The molecule has 0 spiro atoms. The molecule has 3 rings (SSSR count). The molecule has 1 amide bonds. The van der Waals surface area contributed by atoms with Gasteiger partial charge < -0.3 is 41.3 Å². The molecule has 1 aromatic heterocycles. The van der Waals surface area contributed by atoms with Crippen LogP contribution in [-0.4, -0.2) is 116 Å². The number of amides is 1. The number of nitrogens with zero attached hydrogens (tertiary/aromatic N) is 4. The predicted molar refractivity (Wildman–Crippen MR) is 163 cm³/mol. The fraction of sp³-hybridized carbons (Fsp3) is 0.464. The molecule has 0 saturated heterocycles. The summed E-state index contributed by atoms with van der Waals surface area (Å²) in [4.78, 5) is 43.0. The lowest BCUT2D eigenvalue weighted by Crippen LogP contribution is -2.51. The summed E-state index contributed by atoms with van der Waals surface area (Å²) in [6, 6.07) is 14.1. The first kappa shape index (κ1) is 40.2. The van der Waals surface area contributed by atoms with Crippen molar-refractivity contribution in [3.63, 3.8) is 0 Å². The van der Waals surface area contributed by atoms with E-state index in [4.69, 9.17) is 19.8 Å². The van der Waals surface area contributed by atoms with Crippen LogP contribution >= 0.6 is 0 Å². The average molecular weight is 681 g/mol. The number of aliphatic carboxylic acids is 2. The maximum Gasteiger partial charge on any atom is 0.490 e. The molecule has 47 heavy (non-hydrogen) atoms. The van der Waals surface area contributed by atoms with E-state index < -0.39 is 24.3 Å². The molecule has 2 aromatic rings. The summed E-state index contributed by atoms with van der Waals surface area (Å²) < 4.78 is 63.5. The summed E-state index contributed by atoms with van der Waals surface area (Å²) in [7, 11) is 5.93. The summed E-state index contributed by atoms with van der Waals surface area (Å²) in [5, 5.41) is 27.4. The zero-order valence-corrected chi connectivity index (χ0v) is 25.8. The molecule has 1 aromatic carbocycles. The van der Waals surface area contributed by atoms with Crippen molar-refractivity contribution < 1.29 is 50.9 Å². The third-order valence-corrected chi connectivity index (χ3v) is 6.06. The van der Waals surface area contributed by atoms with Crippen LogP contribution in [-0.2, 0) is 14.4 Å². The second-order valence-electron chi connectivity index (χ2n) is 9.90. The van der Waals surface area contributed by atoms with E-state index in [9.17, 15) is 31.1 Å². The Morgan fingerprint density at radius 1 is 0.915 bits per heavy atom. The third kappa shape index (κ3) is 16.9. The van der Waals surface area contributed by atoms with Crippen molar-refractivity contribution in [3.8, 4) is 0 Å². The van der Waals surface area contributed by atoms with Crippen molar-refractivity contribution in [1.82, 2.24) is 20.5 Å². The lowest BCUT2D eigenvalue weighted by atomic mass is 10.2. The summed E-state index contributed by atoms with van der Waals surface area (Å²) >= 11 is 0. The van der Waals surface area contributed by atoms with Gasteiger partial charge in [-0.3, -0.25) is 9.79 Å². The molecule has 19 heteroatoms. The van der Waals surface area contributed by atoms with Crippen molar-refractivity contribution in [2.75, 3.05) is 69.4 Å². The van der Waals surface area contributed by atoms with Gasteiger partial charge >= 0.3 is 24.3 Å². The molecule has 2 heterocycles. The van der Waals surface area contributed by atoms with Crippen molar-refractivity contribution in [2.45, 2.75) is 31.2 Å². The topological polar surface area (TPSA) is 172 Å². The number of aromatic nitrogens is 1. The lowest BCUT2D eigenvalue weighted by Gasteiger charge is -2.31. The van der Waals surface area contributed by atoms with E-state index in [1.807, 2.05) is 39.3 Å². The highest BCUT2D eigenvalue weighted by Crippen LogP contribution is 2.16. The second kappa shape index (κ2) is 19.6. The molecule has 13 nitrogen and oxygen atoms in total. The van der Waals surface area contributed by atoms with Gasteiger partial charge in [0, 0.05) is 64.8 Å². The molecule has 1 unspecified atom stereocenters. The van der Waals surface area contributed by atoms with E-state index >= 15 is 0 Å². The quantitative estimate of drug-likeness (QED) is 0.152. The summed E-state index contributed by atoms with van der Waals surface area (Å²) in [5.41, 5.74) is 2.31. The number of anilines is 3. The number of hydrogen-bond donors (Lipinski definition) is 6. The Balaban J connectivity index is 0.000000658. The Labute approximate surface area is 267 Å². The number of hydrogen-bond acceptors (Lipinski definition) is 10. The number of halogens is 6. The van der Waals surface area contributed by atoms with Gasteiger partial charge in [0.15, 0.2) is 5.96 Å². The number of aliphatic imine (C=N–C) groups is 1. The van der Waals surface area contributed by atoms with Gasteiger partial charge in [-0.05, 0) is 49.4 Å². The van der Waals surface area contributed by atoms with Crippen molar-refractivity contribution in [2.24, 2.45) is 4.99 Å². The molecule has 1 atom stereocenters. The van der Waals surface area contributed by atoms with Crippen molar-refractivity contribution in [3.05, 3.63) is 48.7 Å². The monoisotopic (exact) mass is 680 g/mol. The number of nitrogens with one attached hydrogen (secondary N) is 4. The zero-order valence-electron chi connectivity index (χ0n) is 25.8. The first-order valence-electron chi connectivity index (χ1n) is 14.0. The Morgan fingerprint density at radius 3 is 1.98 bits per heavy atom. The minimum absolute atomic E-state index is 0.0508. The molecule has 0 saturated carbocycles. The van der Waals surface area contributed by atoms with Crippen LogP contribution in [0, 0.1) is 0 Å². The van der Waals surface area contributed by atoms with E-state index in [0.717, 1.165) is 31.0 Å². The predicted octanol–water partition coefficient (Wildman–Crippen LogP) is 3.09. The van der Waals surface area contributed by atoms with Gasteiger partial charge in [-0.15, -0.1) is 0 Å². The highest BCUT2D eigenvalue weighted by molar-refractivity contribution is 5.93. The first-order chi connectivity index (χ1) is 21.9. The Hall–Kier alpha value is -4.81. The summed E-state index contributed by atoms with van der Waals surface area (Å²) in [6.45, 7) is 3.67. The number of pyridine rings is 1. The Bertz CT molecular complexity index is 1250. The second-order valence-corrected chi connectivity index (χ2v) is 9.90.